The van der Waals surface area contributed by atoms with Crippen molar-refractivity contribution < 1.29 is 23.4 Å². The van der Waals surface area contributed by atoms with Crippen molar-refractivity contribution >= 4 is 0 Å². The van der Waals surface area contributed by atoms with E-state index in [2.05, 4.69) is 10.8 Å². The van der Waals surface area contributed by atoms with E-state index in [-0.39, 0.29) is 17.6 Å². The maximum atomic E-state index is 12.6. The van der Waals surface area contributed by atoms with E-state index in [1.54, 1.807) is 12.1 Å². The van der Waals surface area contributed by atoms with Crippen molar-refractivity contribution in [3.63, 3.8) is 0 Å². The Morgan fingerprint density at radius 3 is 2.50 bits per heavy atom. The first-order chi connectivity index (χ1) is 11.5. The lowest BCUT2D eigenvalue weighted by Gasteiger charge is -2.33. The molecule has 0 atom stereocenters. The highest BCUT2D eigenvalue weighted by molar-refractivity contribution is 5.47. The molecule has 0 unspecified atom stereocenters. The second-order valence-corrected chi connectivity index (χ2v) is 6.72. The van der Waals surface area contributed by atoms with Crippen molar-refractivity contribution in [1.82, 2.24) is 0 Å². The van der Waals surface area contributed by atoms with Gasteiger partial charge in [-0.3, -0.25) is 0 Å². The molecule has 6 heteroatoms. The summed E-state index contributed by atoms with van der Waals surface area (Å²) >= 11 is 0. The summed E-state index contributed by atoms with van der Waals surface area (Å²) in [5.41, 5.74) is 0.0321. The molecule has 0 heterocycles. The summed E-state index contributed by atoms with van der Waals surface area (Å²) in [6.07, 6.45) is 4.00. The van der Waals surface area contributed by atoms with Crippen LogP contribution in [-0.4, -0.2) is 24.4 Å². The number of hydrogen-bond donors (Lipinski definition) is 1. The molecule has 0 bridgehead atoms. The van der Waals surface area contributed by atoms with Crippen LogP contribution >= 0.6 is 0 Å². The van der Waals surface area contributed by atoms with Gasteiger partial charge in [-0.1, -0.05) is 6.07 Å². The SMILES string of the molecule is N#C[C@]1(c2ccc(OC(F)F)c(OCC3CC3)c2)CC[C@H](O)CC1. The van der Waals surface area contributed by atoms with E-state index in [0.29, 0.717) is 38.2 Å². The predicted octanol–water partition coefficient (Wildman–Crippen LogP) is 3.77. The number of nitriles is 1. The maximum Gasteiger partial charge on any atom is 0.387 e. The minimum Gasteiger partial charge on any atom is -0.489 e. The van der Waals surface area contributed by atoms with Crippen molar-refractivity contribution in [1.29, 1.82) is 5.26 Å². The first-order valence-electron chi connectivity index (χ1n) is 8.34. The number of benzene rings is 1. The highest BCUT2D eigenvalue weighted by Gasteiger charge is 2.37. The lowest BCUT2D eigenvalue weighted by atomic mass is 9.70. The number of ether oxygens (including phenoxy) is 2. The van der Waals surface area contributed by atoms with Crippen LogP contribution in [0.2, 0.25) is 0 Å². The van der Waals surface area contributed by atoms with Crippen molar-refractivity contribution in [2.24, 2.45) is 5.92 Å². The lowest BCUT2D eigenvalue weighted by Crippen LogP contribution is -2.32. The Balaban J connectivity index is 1.86. The minimum absolute atomic E-state index is 0.00154. The van der Waals surface area contributed by atoms with Crippen LogP contribution in [0, 0.1) is 17.2 Å². The summed E-state index contributed by atoms with van der Waals surface area (Å²) in [5.74, 6) is 0.738. The van der Waals surface area contributed by atoms with Gasteiger partial charge < -0.3 is 14.6 Å². The van der Waals surface area contributed by atoms with Gasteiger partial charge in [0.05, 0.1) is 24.2 Å². The van der Waals surface area contributed by atoms with Gasteiger partial charge in [0.25, 0.3) is 0 Å². The zero-order valence-electron chi connectivity index (χ0n) is 13.4. The molecule has 0 spiro atoms. The summed E-state index contributed by atoms with van der Waals surface area (Å²) in [4.78, 5) is 0. The molecule has 4 nitrogen and oxygen atoms in total. The molecule has 1 N–H and O–H groups in total. The third-order valence-electron chi connectivity index (χ3n) is 4.91. The number of aliphatic hydroxyl groups is 1. The van der Waals surface area contributed by atoms with Crippen LogP contribution in [-0.2, 0) is 5.41 Å². The van der Waals surface area contributed by atoms with Crippen LogP contribution in [0.4, 0.5) is 8.78 Å². The number of hydrogen-bond acceptors (Lipinski definition) is 4. The van der Waals surface area contributed by atoms with Crippen molar-refractivity contribution in [3.8, 4) is 17.6 Å². The molecule has 1 aromatic rings. The third kappa shape index (κ3) is 3.78. The minimum atomic E-state index is -2.92. The summed E-state index contributed by atoms with van der Waals surface area (Å²) in [6.45, 7) is -2.45. The molecule has 130 valence electrons. The fraction of sp³-hybridized carbons (Fsp3) is 0.611. The third-order valence-corrected chi connectivity index (χ3v) is 4.91. The quantitative estimate of drug-likeness (QED) is 0.858. The zero-order chi connectivity index (χ0) is 17.2. The number of rotatable bonds is 6. The van der Waals surface area contributed by atoms with E-state index >= 15 is 0 Å². The Morgan fingerprint density at radius 2 is 1.92 bits per heavy atom. The fourth-order valence-electron chi connectivity index (χ4n) is 3.16. The molecule has 0 radical (unpaired) electrons. The van der Waals surface area contributed by atoms with Gasteiger partial charge in [0.15, 0.2) is 11.5 Å². The van der Waals surface area contributed by atoms with Crippen LogP contribution in [0.25, 0.3) is 0 Å². The van der Waals surface area contributed by atoms with Crippen molar-refractivity contribution in [2.45, 2.75) is 56.7 Å². The molecule has 24 heavy (non-hydrogen) atoms. The van der Waals surface area contributed by atoms with Crippen LogP contribution in [0.5, 0.6) is 11.5 Å². The van der Waals surface area contributed by atoms with Gasteiger partial charge in [-0.25, -0.2) is 0 Å². The molecule has 3 rings (SSSR count). The van der Waals surface area contributed by atoms with E-state index in [1.165, 1.54) is 6.07 Å². The molecule has 0 saturated heterocycles. The zero-order valence-corrected chi connectivity index (χ0v) is 13.4. The lowest BCUT2D eigenvalue weighted by molar-refractivity contribution is -0.0515. The van der Waals surface area contributed by atoms with Crippen molar-refractivity contribution in [2.75, 3.05) is 6.61 Å². The number of halogens is 2. The van der Waals surface area contributed by atoms with E-state index in [4.69, 9.17) is 4.74 Å². The molecule has 0 aliphatic heterocycles. The summed E-state index contributed by atoms with van der Waals surface area (Å²) in [5, 5.41) is 19.4. The summed E-state index contributed by atoms with van der Waals surface area (Å²) in [6, 6.07) is 7.12. The van der Waals surface area contributed by atoms with Gasteiger partial charge in [0, 0.05) is 0 Å². The van der Waals surface area contributed by atoms with Crippen LogP contribution < -0.4 is 9.47 Å². The standard InChI is InChI=1S/C18H21F2NO3/c19-17(20)24-15-4-3-13(9-16(15)23-10-12-1-2-12)18(11-21)7-5-14(22)6-8-18/h3-4,9,12,14,17,22H,1-2,5-8,10H2/t14-,18-. The van der Waals surface area contributed by atoms with Gasteiger partial charge in [0.1, 0.15) is 0 Å². The number of aliphatic hydroxyl groups excluding tert-OH is 1. The average molecular weight is 337 g/mol. The Bertz CT molecular complexity index is 617. The largest absolute Gasteiger partial charge is 0.489 e. The van der Waals surface area contributed by atoms with Crippen molar-refractivity contribution in [3.05, 3.63) is 23.8 Å². The van der Waals surface area contributed by atoms with Gasteiger partial charge in [-0.2, -0.15) is 14.0 Å². The van der Waals surface area contributed by atoms with E-state index in [0.717, 1.165) is 18.4 Å². The fourth-order valence-corrected chi connectivity index (χ4v) is 3.16. The van der Waals surface area contributed by atoms with Crippen LogP contribution in [0.3, 0.4) is 0 Å². The predicted molar refractivity (Wildman–Crippen MR) is 83.1 cm³/mol. The van der Waals surface area contributed by atoms with E-state index < -0.39 is 12.0 Å². The first-order valence-corrected chi connectivity index (χ1v) is 8.34. The van der Waals surface area contributed by atoms with Crippen LogP contribution in [0.1, 0.15) is 44.1 Å². The monoisotopic (exact) mass is 337 g/mol. The molecular weight excluding hydrogens is 316 g/mol. The maximum absolute atomic E-state index is 12.6. The summed E-state index contributed by atoms with van der Waals surface area (Å²) < 4.78 is 35.4. The Kier molecular flexibility index (Phi) is 4.91. The van der Waals surface area contributed by atoms with E-state index in [1.807, 2.05) is 0 Å². The number of nitrogens with zero attached hydrogens (tertiary/aromatic N) is 1. The molecule has 0 aromatic heterocycles. The Morgan fingerprint density at radius 1 is 1.21 bits per heavy atom. The normalized spacial score (nSPS) is 26.9. The Labute approximate surface area is 140 Å². The highest BCUT2D eigenvalue weighted by Crippen LogP contribution is 2.42. The molecule has 2 fully saturated rings. The number of alkyl halides is 2. The topological polar surface area (TPSA) is 62.5 Å². The second-order valence-electron chi connectivity index (χ2n) is 6.72. The van der Waals surface area contributed by atoms with Gasteiger partial charge >= 0.3 is 6.61 Å². The molecule has 0 amide bonds. The Hall–Kier alpha value is -1.87. The second kappa shape index (κ2) is 6.94. The molecule has 2 aliphatic rings. The van der Waals surface area contributed by atoms with Gasteiger partial charge in [-0.15, -0.1) is 0 Å². The molecule has 2 saturated carbocycles. The van der Waals surface area contributed by atoms with E-state index in [9.17, 15) is 19.1 Å². The molecule has 1 aromatic carbocycles. The molecular formula is C18H21F2NO3. The first kappa shape index (κ1) is 17.0. The van der Waals surface area contributed by atoms with Gasteiger partial charge in [-0.05, 0) is 62.1 Å². The highest BCUT2D eigenvalue weighted by atomic mass is 19.3. The average Bonchev–Trinajstić information content (AvgIpc) is 3.39. The smallest absolute Gasteiger partial charge is 0.387 e. The van der Waals surface area contributed by atoms with Gasteiger partial charge in [0.2, 0.25) is 0 Å². The van der Waals surface area contributed by atoms with Crippen LogP contribution in [0.15, 0.2) is 18.2 Å². The summed E-state index contributed by atoms with van der Waals surface area (Å²) in [7, 11) is 0. The molecule has 2 aliphatic carbocycles.